The molecule has 0 spiro atoms. The van der Waals surface area contributed by atoms with Crippen LogP contribution in [0.5, 0.6) is 0 Å². The molecule has 0 saturated heterocycles. The smallest absolute Gasteiger partial charge is 0.182 e. The third kappa shape index (κ3) is 1.90. The maximum absolute atomic E-state index is 5.47. The predicted octanol–water partition coefficient (Wildman–Crippen LogP) is 4.90. The van der Waals surface area contributed by atoms with Crippen LogP contribution in [0.1, 0.15) is 0 Å². The van der Waals surface area contributed by atoms with Crippen molar-refractivity contribution in [1.29, 1.82) is 0 Å². The van der Waals surface area contributed by atoms with E-state index >= 15 is 0 Å². The van der Waals surface area contributed by atoms with Gasteiger partial charge in [-0.15, -0.1) is 11.3 Å². The second-order valence-corrected chi connectivity index (χ2v) is 6.95. The van der Waals surface area contributed by atoms with Crippen molar-refractivity contribution < 1.29 is 0 Å². The number of rotatable bonds is 1. The highest BCUT2D eigenvalue weighted by Crippen LogP contribution is 2.25. The molecule has 0 fully saturated rings. The summed E-state index contributed by atoms with van der Waals surface area (Å²) in [6.07, 6.45) is 0. The highest BCUT2D eigenvalue weighted by atomic mass is 127. The molecule has 0 atom stereocenters. The monoisotopic (exact) mass is 409 g/mol. The summed E-state index contributed by atoms with van der Waals surface area (Å²) in [5.74, 6) is 0. The molecule has 0 aliphatic heterocycles. The summed E-state index contributed by atoms with van der Waals surface area (Å²) in [4.78, 5) is 7.58. The van der Waals surface area contributed by atoms with E-state index in [1.807, 2.05) is 11.6 Å². The fourth-order valence-corrected chi connectivity index (χ4v) is 3.84. The Morgan fingerprint density at radius 3 is 3.00 bits per heavy atom. The van der Waals surface area contributed by atoms with Crippen LogP contribution in [0.4, 0.5) is 0 Å². The van der Waals surface area contributed by atoms with Crippen molar-refractivity contribution in [1.82, 2.24) is 14.5 Å². The van der Waals surface area contributed by atoms with Crippen LogP contribution in [0.3, 0.4) is 0 Å². The number of aromatic amines is 1. The van der Waals surface area contributed by atoms with Crippen LogP contribution in [0.2, 0.25) is 0 Å². The van der Waals surface area contributed by atoms with E-state index in [0.717, 1.165) is 22.2 Å². The van der Waals surface area contributed by atoms with E-state index in [1.54, 1.807) is 11.3 Å². The van der Waals surface area contributed by atoms with Gasteiger partial charge in [0.2, 0.25) is 0 Å². The summed E-state index contributed by atoms with van der Waals surface area (Å²) in [6.45, 7) is 0. The molecule has 6 heteroatoms. The van der Waals surface area contributed by atoms with Gasteiger partial charge >= 0.3 is 0 Å². The summed E-state index contributed by atoms with van der Waals surface area (Å²) in [6, 6.07) is 12.5. The van der Waals surface area contributed by atoms with Gasteiger partial charge in [0.15, 0.2) is 4.77 Å². The molecule has 4 rings (SSSR count). The Hall–Kier alpha value is -1.25. The molecule has 0 radical (unpaired) electrons. The van der Waals surface area contributed by atoms with Crippen molar-refractivity contribution in [2.75, 3.05) is 0 Å². The zero-order valence-corrected chi connectivity index (χ0v) is 13.9. The average Bonchev–Trinajstić information content (AvgIpc) is 3.00. The van der Waals surface area contributed by atoms with Crippen molar-refractivity contribution in [3.63, 3.8) is 0 Å². The quantitative estimate of drug-likeness (QED) is 0.358. The fraction of sp³-hybridized carbons (Fsp3) is 0. The lowest BCUT2D eigenvalue weighted by atomic mass is 10.2. The number of fused-ring (bicyclic) bond motifs is 2. The van der Waals surface area contributed by atoms with Crippen molar-refractivity contribution in [3.05, 3.63) is 50.2 Å². The largest absolute Gasteiger partial charge is 0.330 e. The highest BCUT2D eigenvalue weighted by Gasteiger charge is 2.08. The molecule has 4 aromatic rings. The molecule has 2 heterocycles. The zero-order chi connectivity index (χ0) is 13.7. The zero-order valence-electron chi connectivity index (χ0n) is 10.1. The first-order chi connectivity index (χ1) is 9.72. The average molecular weight is 409 g/mol. The van der Waals surface area contributed by atoms with Crippen LogP contribution in [-0.4, -0.2) is 14.5 Å². The van der Waals surface area contributed by atoms with Gasteiger partial charge in [-0.05, 0) is 71.2 Å². The molecule has 0 amide bonds. The molecule has 3 nitrogen and oxygen atoms in total. The predicted molar refractivity (Wildman–Crippen MR) is 94.4 cm³/mol. The van der Waals surface area contributed by atoms with Gasteiger partial charge in [-0.2, -0.15) is 0 Å². The minimum Gasteiger partial charge on any atom is -0.330 e. The SMILES string of the molecule is S=c1[nH]c2cc(I)ccc2n1-c1ccc2ncsc2c1. The van der Waals surface area contributed by atoms with E-state index in [2.05, 4.69) is 67.5 Å². The molecule has 0 bridgehead atoms. The first kappa shape index (κ1) is 12.5. The van der Waals surface area contributed by atoms with E-state index in [4.69, 9.17) is 12.2 Å². The van der Waals surface area contributed by atoms with Gasteiger partial charge < -0.3 is 4.98 Å². The van der Waals surface area contributed by atoms with Crippen LogP contribution in [0, 0.1) is 8.34 Å². The maximum atomic E-state index is 5.47. The third-order valence-electron chi connectivity index (χ3n) is 3.22. The van der Waals surface area contributed by atoms with Crippen molar-refractivity contribution in [2.45, 2.75) is 0 Å². The highest BCUT2D eigenvalue weighted by molar-refractivity contribution is 14.1. The van der Waals surface area contributed by atoms with Crippen molar-refractivity contribution >= 4 is 67.4 Å². The van der Waals surface area contributed by atoms with Crippen LogP contribution < -0.4 is 0 Å². The van der Waals surface area contributed by atoms with Crippen LogP contribution in [0.15, 0.2) is 41.9 Å². The van der Waals surface area contributed by atoms with Crippen molar-refractivity contribution in [2.24, 2.45) is 0 Å². The van der Waals surface area contributed by atoms with E-state index in [0.29, 0.717) is 4.77 Å². The standard InChI is InChI=1S/C14H8IN3S2/c15-8-1-4-12-11(5-8)17-14(19)18(12)9-2-3-10-13(6-9)20-7-16-10/h1-7H,(H,17,19). The number of imidazole rings is 1. The molecule has 0 saturated carbocycles. The normalized spacial score (nSPS) is 11.4. The first-order valence-corrected chi connectivity index (χ1v) is 8.33. The molecular weight excluding hydrogens is 401 g/mol. The van der Waals surface area contributed by atoms with E-state index < -0.39 is 0 Å². The van der Waals surface area contributed by atoms with Gasteiger partial charge in [-0.3, -0.25) is 4.57 Å². The van der Waals surface area contributed by atoms with Crippen LogP contribution >= 0.6 is 46.1 Å². The number of halogens is 1. The fourth-order valence-electron chi connectivity index (χ4n) is 2.32. The number of benzene rings is 2. The Kier molecular flexibility index (Phi) is 2.90. The minimum atomic E-state index is 0.714. The molecular formula is C14H8IN3S2. The molecule has 1 N–H and O–H groups in total. The lowest BCUT2D eigenvalue weighted by Crippen LogP contribution is -1.93. The van der Waals surface area contributed by atoms with Crippen LogP contribution in [-0.2, 0) is 0 Å². The van der Waals surface area contributed by atoms with Crippen LogP contribution in [0.25, 0.3) is 26.9 Å². The Bertz CT molecular complexity index is 996. The van der Waals surface area contributed by atoms with Gasteiger partial charge in [-0.25, -0.2) is 4.98 Å². The molecule has 2 aromatic carbocycles. The topological polar surface area (TPSA) is 33.6 Å². The van der Waals surface area contributed by atoms with E-state index in [9.17, 15) is 0 Å². The van der Waals surface area contributed by atoms with E-state index in [1.165, 1.54) is 8.27 Å². The van der Waals surface area contributed by atoms with Gasteiger partial charge in [0.05, 0.1) is 26.8 Å². The first-order valence-electron chi connectivity index (χ1n) is 5.96. The summed E-state index contributed by atoms with van der Waals surface area (Å²) in [5, 5.41) is 0. The molecule has 20 heavy (non-hydrogen) atoms. The van der Waals surface area contributed by atoms with Gasteiger partial charge in [0.1, 0.15) is 0 Å². The Balaban J connectivity index is 2.05. The molecule has 0 aliphatic carbocycles. The second kappa shape index (κ2) is 4.64. The Labute approximate surface area is 137 Å². The Morgan fingerprint density at radius 1 is 1.20 bits per heavy atom. The third-order valence-corrected chi connectivity index (χ3v) is 4.96. The number of hydrogen-bond acceptors (Lipinski definition) is 3. The minimum absolute atomic E-state index is 0.714. The number of nitrogens with zero attached hydrogens (tertiary/aromatic N) is 2. The molecule has 2 aromatic heterocycles. The second-order valence-electron chi connectivity index (χ2n) is 4.43. The summed E-state index contributed by atoms with van der Waals surface area (Å²) in [7, 11) is 0. The molecule has 0 aliphatic rings. The summed E-state index contributed by atoms with van der Waals surface area (Å²) >= 11 is 9.42. The number of aromatic nitrogens is 3. The summed E-state index contributed by atoms with van der Waals surface area (Å²) in [5.41, 5.74) is 6.12. The van der Waals surface area contributed by atoms with Gasteiger partial charge in [-0.1, -0.05) is 0 Å². The molecule has 98 valence electrons. The summed E-state index contributed by atoms with van der Waals surface area (Å²) < 4.78 is 5.14. The Morgan fingerprint density at radius 2 is 2.10 bits per heavy atom. The van der Waals surface area contributed by atoms with E-state index in [-0.39, 0.29) is 0 Å². The van der Waals surface area contributed by atoms with Crippen molar-refractivity contribution in [3.8, 4) is 5.69 Å². The van der Waals surface area contributed by atoms with Gasteiger partial charge in [0.25, 0.3) is 0 Å². The lowest BCUT2D eigenvalue weighted by molar-refractivity contribution is 1.07. The number of thiazole rings is 1. The molecule has 0 unspecified atom stereocenters. The lowest BCUT2D eigenvalue weighted by Gasteiger charge is -2.04. The number of H-pyrrole nitrogens is 1. The van der Waals surface area contributed by atoms with Gasteiger partial charge in [0, 0.05) is 9.26 Å². The number of hydrogen-bond donors (Lipinski definition) is 1. The number of nitrogens with one attached hydrogen (secondary N) is 1. The maximum Gasteiger partial charge on any atom is 0.182 e.